The number of rotatable bonds is 5. The van der Waals surface area contributed by atoms with Crippen molar-refractivity contribution in [1.29, 1.82) is 0 Å². The highest BCUT2D eigenvalue weighted by atomic mass is 35.5. The quantitative estimate of drug-likeness (QED) is 0.394. The van der Waals surface area contributed by atoms with Crippen molar-refractivity contribution in [3.63, 3.8) is 0 Å². The first-order valence-corrected chi connectivity index (χ1v) is 11.3. The molecule has 4 aromatic rings. The zero-order valence-corrected chi connectivity index (χ0v) is 19.7. The Bertz CT molecular complexity index is 1380. The Labute approximate surface area is 200 Å². The first-order chi connectivity index (χ1) is 16.3. The molecule has 3 heterocycles. The lowest BCUT2D eigenvalue weighted by Gasteiger charge is -2.25. The van der Waals surface area contributed by atoms with Crippen molar-refractivity contribution in [3.8, 4) is 17.2 Å². The van der Waals surface area contributed by atoms with Gasteiger partial charge >= 0.3 is 0 Å². The van der Waals surface area contributed by atoms with Gasteiger partial charge in [-0.05, 0) is 18.4 Å². The lowest BCUT2D eigenvalue weighted by Crippen LogP contribution is -2.33. The van der Waals surface area contributed by atoms with E-state index in [4.69, 9.17) is 11.6 Å². The summed E-state index contributed by atoms with van der Waals surface area (Å²) in [5.41, 5.74) is 0.932. The molecule has 0 saturated heterocycles. The number of aliphatic hydroxyl groups is 1. The molecule has 12 heteroatoms. The number of halogens is 1. The van der Waals surface area contributed by atoms with Crippen molar-refractivity contribution in [3.05, 3.63) is 41.8 Å². The highest BCUT2D eigenvalue weighted by molar-refractivity contribution is 6.33. The van der Waals surface area contributed by atoms with Crippen molar-refractivity contribution >= 4 is 34.5 Å². The number of hydrogen-bond donors (Lipinski definition) is 3. The molecule has 0 unspecified atom stereocenters. The van der Waals surface area contributed by atoms with Gasteiger partial charge in [-0.1, -0.05) is 41.9 Å². The van der Waals surface area contributed by atoms with Crippen LogP contribution in [0.15, 0.2) is 36.8 Å². The van der Waals surface area contributed by atoms with E-state index in [1.807, 2.05) is 25.1 Å². The van der Waals surface area contributed by atoms with E-state index in [9.17, 15) is 9.90 Å². The molecular formula is C22H24ClN9O2. The number of aromatic nitrogens is 7. The molecule has 1 aromatic carbocycles. The molecule has 3 atom stereocenters. The van der Waals surface area contributed by atoms with E-state index in [1.165, 1.54) is 4.68 Å². The second-order valence-electron chi connectivity index (χ2n) is 8.53. The van der Waals surface area contributed by atoms with Gasteiger partial charge in [0.1, 0.15) is 11.4 Å². The average molecular weight is 482 g/mol. The monoisotopic (exact) mass is 481 g/mol. The summed E-state index contributed by atoms with van der Waals surface area (Å²) in [6.07, 6.45) is 3.88. The Morgan fingerprint density at radius 1 is 1.24 bits per heavy atom. The van der Waals surface area contributed by atoms with Gasteiger partial charge in [0.25, 0.3) is 5.95 Å². The van der Waals surface area contributed by atoms with Crippen LogP contribution in [-0.2, 0) is 10.5 Å². The summed E-state index contributed by atoms with van der Waals surface area (Å²) in [4.78, 5) is 26.0. The summed E-state index contributed by atoms with van der Waals surface area (Å²) in [5, 5.41) is 26.2. The van der Waals surface area contributed by atoms with E-state index in [2.05, 4.69) is 35.9 Å². The molecule has 34 heavy (non-hydrogen) atoms. The average Bonchev–Trinajstić information content (AvgIpc) is 3.55. The number of benzene rings is 1. The molecule has 5 rings (SSSR count). The van der Waals surface area contributed by atoms with Crippen LogP contribution in [0.3, 0.4) is 0 Å². The maximum atomic E-state index is 12.3. The second kappa shape index (κ2) is 8.33. The Morgan fingerprint density at radius 2 is 2.03 bits per heavy atom. The lowest BCUT2D eigenvalue weighted by molar-refractivity contribution is -0.126. The fourth-order valence-corrected chi connectivity index (χ4v) is 4.88. The highest BCUT2D eigenvalue weighted by Gasteiger charge is 2.47. The third-order valence-corrected chi connectivity index (χ3v) is 6.71. The van der Waals surface area contributed by atoms with Crippen LogP contribution in [0.2, 0.25) is 5.02 Å². The van der Waals surface area contributed by atoms with Gasteiger partial charge in [-0.25, -0.2) is 4.98 Å². The van der Waals surface area contributed by atoms with Crippen LogP contribution >= 0.6 is 11.6 Å². The minimum absolute atomic E-state index is 0.0130. The Kier molecular flexibility index (Phi) is 5.45. The normalized spacial score (nSPS) is 22.3. The fourth-order valence-electron chi connectivity index (χ4n) is 4.65. The first kappa shape index (κ1) is 22.2. The standard InChI is InChI=1S/C22H24ClN9O2/c1-12-8-22(34,9-14(12)20(33)25-3)31-11-26-17-18(24-2)27-21(28-19(17)31)32-10-16(29-30-32)13-6-4-5-7-15(13)23/h4-7,10-12,14,34H,8-9H2,1-3H3,(H,25,33)(H,24,27,28)/t12-,14-,22-/m1/s1. The SMILES string of the molecule is CNC(=O)[C@@H]1C[C@@](O)(n2cnc3c(NC)nc(-n4cc(-c5ccccc5Cl)nn4)nc32)C[C@H]1C. The maximum Gasteiger partial charge on any atom is 0.256 e. The minimum atomic E-state index is -1.31. The predicted molar refractivity (Wildman–Crippen MR) is 126 cm³/mol. The van der Waals surface area contributed by atoms with Crippen molar-refractivity contribution in [2.24, 2.45) is 11.8 Å². The zero-order valence-electron chi connectivity index (χ0n) is 18.9. The van der Waals surface area contributed by atoms with Crippen LogP contribution in [0.4, 0.5) is 5.82 Å². The molecule has 1 aliphatic rings. The summed E-state index contributed by atoms with van der Waals surface area (Å²) in [6.45, 7) is 1.96. The molecule has 1 saturated carbocycles. The van der Waals surface area contributed by atoms with Gasteiger partial charge in [-0.3, -0.25) is 9.36 Å². The van der Waals surface area contributed by atoms with Gasteiger partial charge in [-0.15, -0.1) is 5.10 Å². The minimum Gasteiger partial charge on any atom is -0.371 e. The van der Waals surface area contributed by atoms with E-state index in [0.29, 0.717) is 34.1 Å². The van der Waals surface area contributed by atoms with Crippen LogP contribution in [0.5, 0.6) is 0 Å². The summed E-state index contributed by atoms with van der Waals surface area (Å²) >= 11 is 6.30. The molecule has 0 radical (unpaired) electrons. The van der Waals surface area contributed by atoms with Crippen LogP contribution in [0, 0.1) is 11.8 Å². The van der Waals surface area contributed by atoms with Crippen molar-refractivity contribution in [2.45, 2.75) is 25.5 Å². The third kappa shape index (κ3) is 3.57. The number of anilines is 1. The number of amides is 1. The molecule has 176 valence electrons. The zero-order chi connectivity index (χ0) is 24.0. The van der Waals surface area contributed by atoms with E-state index < -0.39 is 5.72 Å². The van der Waals surface area contributed by atoms with Gasteiger partial charge in [0.05, 0.1) is 17.5 Å². The lowest BCUT2D eigenvalue weighted by atomic mass is 9.97. The Morgan fingerprint density at radius 3 is 2.76 bits per heavy atom. The molecule has 3 N–H and O–H groups in total. The molecular weight excluding hydrogens is 458 g/mol. The van der Waals surface area contributed by atoms with E-state index in [-0.39, 0.29) is 30.1 Å². The van der Waals surface area contributed by atoms with E-state index >= 15 is 0 Å². The highest BCUT2D eigenvalue weighted by Crippen LogP contribution is 2.44. The number of nitrogens with one attached hydrogen (secondary N) is 2. The van der Waals surface area contributed by atoms with Crippen molar-refractivity contribution in [1.82, 2.24) is 39.8 Å². The number of hydrogen-bond acceptors (Lipinski definition) is 8. The van der Waals surface area contributed by atoms with E-state index in [0.717, 1.165) is 5.56 Å². The van der Waals surface area contributed by atoms with E-state index in [1.54, 1.807) is 37.3 Å². The summed E-state index contributed by atoms with van der Waals surface area (Å²) in [6, 6.07) is 7.35. The Hall–Kier alpha value is -3.57. The van der Waals surface area contributed by atoms with Gasteiger partial charge in [0.2, 0.25) is 5.91 Å². The molecule has 0 spiro atoms. The van der Waals surface area contributed by atoms with Crippen LogP contribution in [-0.4, -0.2) is 59.6 Å². The van der Waals surface area contributed by atoms with Gasteiger partial charge < -0.3 is 15.7 Å². The molecule has 11 nitrogen and oxygen atoms in total. The van der Waals surface area contributed by atoms with Crippen LogP contribution < -0.4 is 10.6 Å². The molecule has 0 bridgehead atoms. The van der Waals surface area contributed by atoms with Crippen molar-refractivity contribution < 1.29 is 9.90 Å². The van der Waals surface area contributed by atoms with Crippen LogP contribution in [0.1, 0.15) is 19.8 Å². The first-order valence-electron chi connectivity index (χ1n) is 10.9. The predicted octanol–water partition coefficient (Wildman–Crippen LogP) is 2.21. The largest absolute Gasteiger partial charge is 0.371 e. The fraction of sp³-hybridized carbons (Fsp3) is 0.364. The van der Waals surface area contributed by atoms with Gasteiger partial charge in [0, 0.05) is 32.0 Å². The van der Waals surface area contributed by atoms with Gasteiger partial charge in [-0.2, -0.15) is 14.6 Å². The molecule has 0 aliphatic heterocycles. The summed E-state index contributed by atoms with van der Waals surface area (Å²) in [5.74, 6) is 0.314. The molecule has 1 amide bonds. The third-order valence-electron chi connectivity index (χ3n) is 6.38. The maximum absolute atomic E-state index is 12.3. The smallest absolute Gasteiger partial charge is 0.256 e. The summed E-state index contributed by atoms with van der Waals surface area (Å²) in [7, 11) is 3.34. The second-order valence-corrected chi connectivity index (χ2v) is 8.93. The topological polar surface area (TPSA) is 136 Å². The molecule has 3 aromatic heterocycles. The number of fused-ring (bicyclic) bond motifs is 1. The number of carbonyl (C=O) groups excluding carboxylic acids is 1. The van der Waals surface area contributed by atoms with Gasteiger partial charge in [0.15, 0.2) is 17.0 Å². The summed E-state index contributed by atoms with van der Waals surface area (Å²) < 4.78 is 3.07. The molecule has 1 aliphatic carbocycles. The Balaban J connectivity index is 1.58. The van der Waals surface area contributed by atoms with Crippen molar-refractivity contribution in [2.75, 3.05) is 19.4 Å². The van der Waals surface area contributed by atoms with Crippen LogP contribution in [0.25, 0.3) is 28.4 Å². The number of nitrogens with zero attached hydrogens (tertiary/aromatic N) is 7. The number of imidazole rings is 1. The number of carbonyl (C=O) groups is 1. The molecule has 1 fully saturated rings.